The molecule has 3 heteroatoms. The van der Waals surface area contributed by atoms with Crippen molar-refractivity contribution in [2.24, 2.45) is 5.92 Å². The third-order valence-electron chi connectivity index (χ3n) is 4.04. The van der Waals surface area contributed by atoms with Gasteiger partial charge in [-0.2, -0.15) is 10.2 Å². The van der Waals surface area contributed by atoms with E-state index in [1.807, 2.05) is 18.3 Å². The fraction of sp³-hybridized carbons (Fsp3) is 0.467. The van der Waals surface area contributed by atoms with Gasteiger partial charge in [0.1, 0.15) is 0 Å². The van der Waals surface area contributed by atoms with Gasteiger partial charge in [0, 0.05) is 11.4 Å². The van der Waals surface area contributed by atoms with Crippen LogP contribution in [0.1, 0.15) is 32.6 Å². The number of benzene rings is 1. The van der Waals surface area contributed by atoms with Crippen molar-refractivity contribution in [3.05, 3.63) is 30.5 Å². The number of rotatable bonds is 3. The van der Waals surface area contributed by atoms with Gasteiger partial charge >= 0.3 is 0 Å². The molecule has 1 saturated carbocycles. The molecule has 1 aromatic heterocycles. The Bertz CT molecular complexity index is 527. The van der Waals surface area contributed by atoms with Gasteiger partial charge in [0.05, 0.1) is 17.4 Å². The van der Waals surface area contributed by atoms with Crippen LogP contribution in [-0.4, -0.2) is 16.2 Å². The van der Waals surface area contributed by atoms with E-state index in [1.54, 1.807) is 0 Å². The lowest BCUT2D eigenvalue weighted by Gasteiger charge is -2.22. The van der Waals surface area contributed by atoms with E-state index >= 15 is 0 Å². The Labute approximate surface area is 108 Å². The zero-order valence-corrected chi connectivity index (χ0v) is 10.8. The lowest BCUT2D eigenvalue weighted by Crippen LogP contribution is -2.24. The molecule has 0 saturated heterocycles. The minimum atomic E-state index is 0.514. The second-order valence-electron chi connectivity index (χ2n) is 5.25. The first-order valence-electron chi connectivity index (χ1n) is 6.81. The van der Waals surface area contributed by atoms with Crippen LogP contribution in [0.4, 0.5) is 5.69 Å². The van der Waals surface area contributed by atoms with E-state index in [-0.39, 0.29) is 0 Å². The van der Waals surface area contributed by atoms with Gasteiger partial charge in [-0.05, 0) is 31.7 Å². The number of fused-ring (bicyclic) bond motifs is 1. The molecule has 1 atom stereocenters. The van der Waals surface area contributed by atoms with E-state index in [9.17, 15) is 0 Å². The predicted molar refractivity (Wildman–Crippen MR) is 74.6 cm³/mol. The summed E-state index contributed by atoms with van der Waals surface area (Å²) >= 11 is 0. The average Bonchev–Trinajstić information content (AvgIpc) is 2.93. The summed E-state index contributed by atoms with van der Waals surface area (Å²) in [4.78, 5) is 0. The number of hydrogen-bond acceptors (Lipinski definition) is 3. The van der Waals surface area contributed by atoms with Crippen molar-refractivity contribution >= 4 is 16.6 Å². The molecule has 18 heavy (non-hydrogen) atoms. The van der Waals surface area contributed by atoms with E-state index in [0.29, 0.717) is 6.04 Å². The van der Waals surface area contributed by atoms with Crippen molar-refractivity contribution in [3.63, 3.8) is 0 Å². The minimum absolute atomic E-state index is 0.514. The molecule has 1 aliphatic carbocycles. The fourth-order valence-electron chi connectivity index (χ4n) is 2.94. The minimum Gasteiger partial charge on any atom is -0.380 e. The maximum Gasteiger partial charge on any atom is 0.0950 e. The number of nitrogens with one attached hydrogen (secondary N) is 1. The molecule has 1 aromatic carbocycles. The van der Waals surface area contributed by atoms with Gasteiger partial charge in [-0.1, -0.05) is 31.0 Å². The van der Waals surface area contributed by atoms with Crippen LogP contribution in [0.2, 0.25) is 0 Å². The van der Waals surface area contributed by atoms with Crippen LogP contribution in [0.5, 0.6) is 0 Å². The van der Waals surface area contributed by atoms with Crippen LogP contribution in [0.3, 0.4) is 0 Å². The Morgan fingerprint density at radius 1 is 1.22 bits per heavy atom. The summed E-state index contributed by atoms with van der Waals surface area (Å²) in [6.07, 6.45) is 7.31. The molecule has 3 nitrogen and oxygen atoms in total. The van der Waals surface area contributed by atoms with Crippen molar-refractivity contribution in [2.45, 2.75) is 38.6 Å². The standard InChI is InChI=1S/C15H19N3/c1-11(12-6-2-3-7-12)17-15-10-16-18-14-9-5-4-8-13(14)15/h4-5,8-12H,2-3,6-7H2,1H3,(H,17,18). The average molecular weight is 241 g/mol. The van der Waals surface area contributed by atoms with E-state index in [2.05, 4.69) is 34.6 Å². The van der Waals surface area contributed by atoms with Gasteiger partial charge < -0.3 is 5.32 Å². The zero-order chi connectivity index (χ0) is 12.4. The van der Waals surface area contributed by atoms with Gasteiger partial charge in [-0.3, -0.25) is 0 Å². The molecule has 94 valence electrons. The largest absolute Gasteiger partial charge is 0.380 e. The van der Waals surface area contributed by atoms with Crippen LogP contribution >= 0.6 is 0 Å². The van der Waals surface area contributed by atoms with E-state index < -0.39 is 0 Å². The first-order valence-corrected chi connectivity index (χ1v) is 6.81. The predicted octanol–water partition coefficient (Wildman–Crippen LogP) is 3.62. The monoisotopic (exact) mass is 241 g/mol. The number of hydrogen-bond donors (Lipinski definition) is 1. The molecule has 1 N–H and O–H groups in total. The lowest BCUT2D eigenvalue weighted by molar-refractivity contribution is 0.482. The van der Waals surface area contributed by atoms with Gasteiger partial charge in [-0.15, -0.1) is 0 Å². The van der Waals surface area contributed by atoms with E-state index in [4.69, 9.17) is 0 Å². The Hall–Kier alpha value is -1.64. The highest BCUT2D eigenvalue weighted by Gasteiger charge is 2.21. The molecule has 0 aliphatic heterocycles. The molecule has 0 radical (unpaired) electrons. The van der Waals surface area contributed by atoms with Gasteiger partial charge in [0.25, 0.3) is 0 Å². The smallest absolute Gasteiger partial charge is 0.0950 e. The third kappa shape index (κ3) is 2.17. The molecule has 0 amide bonds. The molecule has 3 rings (SSSR count). The molecule has 1 unspecified atom stereocenters. The van der Waals surface area contributed by atoms with E-state index in [0.717, 1.165) is 22.5 Å². The summed E-state index contributed by atoms with van der Waals surface area (Å²) in [6.45, 7) is 2.28. The van der Waals surface area contributed by atoms with Crippen molar-refractivity contribution in [1.82, 2.24) is 10.2 Å². The normalized spacial score (nSPS) is 18.1. The Kier molecular flexibility index (Phi) is 3.13. The highest BCUT2D eigenvalue weighted by atomic mass is 15.1. The second kappa shape index (κ2) is 4.92. The van der Waals surface area contributed by atoms with Crippen LogP contribution in [0, 0.1) is 5.92 Å². The van der Waals surface area contributed by atoms with Crippen molar-refractivity contribution in [2.75, 3.05) is 5.32 Å². The molecule has 1 fully saturated rings. The molecular weight excluding hydrogens is 222 g/mol. The van der Waals surface area contributed by atoms with Gasteiger partial charge in [0.2, 0.25) is 0 Å². The van der Waals surface area contributed by atoms with Crippen LogP contribution < -0.4 is 5.32 Å². The van der Waals surface area contributed by atoms with Gasteiger partial charge in [-0.25, -0.2) is 0 Å². The quantitative estimate of drug-likeness (QED) is 0.891. The Morgan fingerprint density at radius 3 is 2.83 bits per heavy atom. The van der Waals surface area contributed by atoms with Crippen LogP contribution in [0.25, 0.3) is 10.9 Å². The number of nitrogens with zero attached hydrogens (tertiary/aromatic N) is 2. The van der Waals surface area contributed by atoms with Crippen molar-refractivity contribution < 1.29 is 0 Å². The van der Waals surface area contributed by atoms with Crippen LogP contribution in [0.15, 0.2) is 30.5 Å². The highest BCUT2D eigenvalue weighted by molar-refractivity contribution is 5.90. The Balaban J connectivity index is 1.85. The molecule has 1 aliphatic rings. The topological polar surface area (TPSA) is 37.8 Å². The molecule has 1 heterocycles. The van der Waals surface area contributed by atoms with Gasteiger partial charge in [0.15, 0.2) is 0 Å². The van der Waals surface area contributed by atoms with Crippen LogP contribution in [-0.2, 0) is 0 Å². The summed E-state index contributed by atoms with van der Waals surface area (Å²) < 4.78 is 0. The summed E-state index contributed by atoms with van der Waals surface area (Å²) in [5, 5.41) is 13.0. The SMILES string of the molecule is CC(Nc1cnnc2ccccc12)C1CCCC1. The molecule has 0 spiro atoms. The number of anilines is 1. The molecule has 0 bridgehead atoms. The maximum absolute atomic E-state index is 4.16. The summed E-state index contributed by atoms with van der Waals surface area (Å²) in [6, 6.07) is 8.68. The van der Waals surface area contributed by atoms with Crippen molar-refractivity contribution in [3.8, 4) is 0 Å². The third-order valence-corrected chi connectivity index (χ3v) is 4.04. The molecule has 2 aromatic rings. The summed E-state index contributed by atoms with van der Waals surface area (Å²) in [5.74, 6) is 0.803. The Morgan fingerprint density at radius 2 is 2.00 bits per heavy atom. The second-order valence-corrected chi connectivity index (χ2v) is 5.25. The zero-order valence-electron chi connectivity index (χ0n) is 10.8. The fourth-order valence-corrected chi connectivity index (χ4v) is 2.94. The van der Waals surface area contributed by atoms with E-state index in [1.165, 1.54) is 25.7 Å². The van der Waals surface area contributed by atoms with Crippen molar-refractivity contribution in [1.29, 1.82) is 0 Å². The first-order chi connectivity index (χ1) is 8.84. The summed E-state index contributed by atoms with van der Waals surface area (Å²) in [5.41, 5.74) is 2.07. The maximum atomic E-state index is 4.16. The lowest BCUT2D eigenvalue weighted by atomic mass is 9.99. The summed E-state index contributed by atoms with van der Waals surface area (Å²) in [7, 11) is 0. The first kappa shape index (κ1) is 11.5. The molecular formula is C15H19N3. The number of aromatic nitrogens is 2. The highest BCUT2D eigenvalue weighted by Crippen LogP contribution is 2.30.